The number of carbonyl (C=O) groups is 1. The Balaban J connectivity index is 2.27. The topological polar surface area (TPSA) is 66.8 Å². The first-order valence-corrected chi connectivity index (χ1v) is 3.93. The maximum absolute atomic E-state index is 11.0. The van der Waals surface area contributed by atoms with Crippen LogP contribution in [0.5, 0.6) is 0 Å². The summed E-state index contributed by atoms with van der Waals surface area (Å²) in [5.74, 6) is -0.373. The number of rotatable bonds is 0. The minimum absolute atomic E-state index is 0.0177. The van der Waals surface area contributed by atoms with Crippen LogP contribution in [0.3, 0.4) is 0 Å². The van der Waals surface area contributed by atoms with Gasteiger partial charge < -0.3 is 14.9 Å². The van der Waals surface area contributed by atoms with Crippen LogP contribution in [-0.2, 0) is 9.53 Å². The zero-order chi connectivity index (χ0) is 8.72. The van der Waals surface area contributed by atoms with Crippen molar-refractivity contribution >= 4 is 5.97 Å². The molecule has 66 valence electrons. The molecule has 0 aromatic rings. The standard InChI is InChI=1S/C8H10O4/c9-6-1-4-3-12-8(11)5(4)2-7(6)10/h2,4,6-7,9-10H,1,3H2. The van der Waals surface area contributed by atoms with Gasteiger partial charge in [0.15, 0.2) is 0 Å². The lowest BCUT2D eigenvalue weighted by molar-refractivity contribution is -0.135. The summed E-state index contributed by atoms with van der Waals surface area (Å²) in [6.07, 6.45) is 0.141. The van der Waals surface area contributed by atoms with Crippen LogP contribution < -0.4 is 0 Å². The van der Waals surface area contributed by atoms with Crippen LogP contribution in [0.15, 0.2) is 11.6 Å². The minimum Gasteiger partial charge on any atom is -0.462 e. The first-order valence-electron chi connectivity index (χ1n) is 3.93. The molecule has 1 fully saturated rings. The Labute approximate surface area is 69.5 Å². The Morgan fingerprint density at radius 2 is 2.25 bits per heavy atom. The van der Waals surface area contributed by atoms with Gasteiger partial charge >= 0.3 is 5.97 Å². The molecule has 0 aromatic heterocycles. The second-order valence-corrected chi connectivity index (χ2v) is 3.21. The molecule has 0 spiro atoms. The van der Waals surface area contributed by atoms with E-state index in [4.69, 9.17) is 4.74 Å². The molecule has 1 saturated heterocycles. The van der Waals surface area contributed by atoms with Gasteiger partial charge in [0.25, 0.3) is 0 Å². The Kier molecular flexibility index (Phi) is 1.66. The number of fused-ring (bicyclic) bond motifs is 1. The molecule has 4 nitrogen and oxygen atoms in total. The fraction of sp³-hybridized carbons (Fsp3) is 0.625. The zero-order valence-corrected chi connectivity index (χ0v) is 6.43. The molecule has 1 aliphatic carbocycles. The van der Waals surface area contributed by atoms with Gasteiger partial charge in [0.05, 0.1) is 18.8 Å². The van der Waals surface area contributed by atoms with Crippen LogP contribution in [0.2, 0.25) is 0 Å². The maximum Gasteiger partial charge on any atom is 0.334 e. The summed E-state index contributed by atoms with van der Waals surface area (Å²) in [6.45, 7) is 0.342. The van der Waals surface area contributed by atoms with E-state index >= 15 is 0 Å². The van der Waals surface area contributed by atoms with Gasteiger partial charge in [-0.2, -0.15) is 0 Å². The number of hydrogen-bond donors (Lipinski definition) is 2. The highest BCUT2D eigenvalue weighted by Crippen LogP contribution is 2.31. The van der Waals surface area contributed by atoms with Crippen molar-refractivity contribution in [2.24, 2.45) is 5.92 Å². The highest BCUT2D eigenvalue weighted by molar-refractivity contribution is 5.91. The number of esters is 1. The molecule has 0 radical (unpaired) electrons. The van der Waals surface area contributed by atoms with Gasteiger partial charge in [-0.1, -0.05) is 0 Å². The SMILES string of the molecule is O=C1OCC2CC(O)C(O)C=C12. The second kappa shape index (κ2) is 2.57. The first-order chi connectivity index (χ1) is 5.68. The van der Waals surface area contributed by atoms with Crippen LogP contribution >= 0.6 is 0 Å². The molecule has 2 rings (SSSR count). The Morgan fingerprint density at radius 3 is 3.00 bits per heavy atom. The maximum atomic E-state index is 11.0. The lowest BCUT2D eigenvalue weighted by Gasteiger charge is -2.23. The van der Waals surface area contributed by atoms with Crippen LogP contribution in [0, 0.1) is 5.92 Å². The summed E-state index contributed by atoms with van der Waals surface area (Å²) in [7, 11) is 0. The van der Waals surface area contributed by atoms with E-state index in [0.29, 0.717) is 18.6 Å². The quantitative estimate of drug-likeness (QED) is 0.467. The van der Waals surface area contributed by atoms with E-state index in [1.54, 1.807) is 0 Å². The number of aliphatic hydroxyl groups is 2. The molecule has 2 N–H and O–H groups in total. The third kappa shape index (κ3) is 1.04. The Hall–Kier alpha value is -0.870. The van der Waals surface area contributed by atoms with E-state index < -0.39 is 12.2 Å². The molecule has 3 atom stereocenters. The molecular formula is C8H10O4. The van der Waals surface area contributed by atoms with Crippen molar-refractivity contribution in [3.8, 4) is 0 Å². The Bertz CT molecular complexity index is 245. The van der Waals surface area contributed by atoms with Gasteiger partial charge in [-0.25, -0.2) is 4.79 Å². The van der Waals surface area contributed by atoms with E-state index in [2.05, 4.69) is 0 Å². The van der Waals surface area contributed by atoms with Gasteiger partial charge in [-0.05, 0) is 12.5 Å². The zero-order valence-electron chi connectivity index (χ0n) is 6.43. The largest absolute Gasteiger partial charge is 0.462 e. The van der Waals surface area contributed by atoms with E-state index in [0.717, 1.165) is 0 Å². The number of aliphatic hydroxyl groups excluding tert-OH is 2. The molecule has 1 heterocycles. The van der Waals surface area contributed by atoms with Gasteiger partial charge in [-0.15, -0.1) is 0 Å². The summed E-state index contributed by atoms with van der Waals surface area (Å²) < 4.78 is 4.77. The average molecular weight is 170 g/mol. The Morgan fingerprint density at radius 1 is 1.50 bits per heavy atom. The molecule has 1 aliphatic heterocycles. The fourth-order valence-corrected chi connectivity index (χ4v) is 1.64. The number of hydrogen-bond acceptors (Lipinski definition) is 4. The van der Waals surface area contributed by atoms with Crippen molar-refractivity contribution in [3.63, 3.8) is 0 Å². The second-order valence-electron chi connectivity index (χ2n) is 3.21. The highest BCUT2D eigenvalue weighted by atomic mass is 16.5. The van der Waals surface area contributed by atoms with Crippen LogP contribution in [0.4, 0.5) is 0 Å². The smallest absolute Gasteiger partial charge is 0.334 e. The minimum atomic E-state index is -0.915. The summed E-state index contributed by atoms with van der Waals surface area (Å²) in [6, 6.07) is 0. The molecule has 0 aromatic carbocycles. The molecule has 3 unspecified atom stereocenters. The summed E-state index contributed by atoms with van der Waals surface area (Å²) >= 11 is 0. The third-order valence-corrected chi connectivity index (χ3v) is 2.36. The summed E-state index contributed by atoms with van der Waals surface area (Å²) in [4.78, 5) is 11.0. The predicted octanol–water partition coefficient (Wildman–Crippen LogP) is -0.789. The lowest BCUT2D eigenvalue weighted by Crippen LogP contribution is -2.32. The summed E-state index contributed by atoms with van der Waals surface area (Å²) in [5, 5.41) is 18.5. The van der Waals surface area contributed by atoms with Gasteiger partial charge in [0, 0.05) is 11.5 Å². The molecular weight excluding hydrogens is 160 g/mol. The lowest BCUT2D eigenvalue weighted by atomic mass is 9.87. The third-order valence-electron chi connectivity index (χ3n) is 2.36. The first kappa shape index (κ1) is 7.76. The fourth-order valence-electron chi connectivity index (χ4n) is 1.64. The van der Waals surface area contributed by atoms with E-state index in [-0.39, 0.29) is 11.9 Å². The van der Waals surface area contributed by atoms with Crippen molar-refractivity contribution < 1.29 is 19.7 Å². The van der Waals surface area contributed by atoms with E-state index in [1.807, 2.05) is 0 Å². The number of carbonyl (C=O) groups excluding carboxylic acids is 1. The normalized spacial score (nSPS) is 40.3. The molecule has 0 saturated carbocycles. The van der Waals surface area contributed by atoms with Crippen LogP contribution in [0.25, 0.3) is 0 Å². The van der Waals surface area contributed by atoms with E-state index in [1.165, 1.54) is 6.08 Å². The number of ether oxygens (including phenoxy) is 1. The van der Waals surface area contributed by atoms with Crippen LogP contribution in [-0.4, -0.2) is 35.0 Å². The molecule has 12 heavy (non-hydrogen) atoms. The van der Waals surface area contributed by atoms with Crippen molar-refractivity contribution in [1.82, 2.24) is 0 Å². The molecule has 0 bridgehead atoms. The molecule has 0 amide bonds. The highest BCUT2D eigenvalue weighted by Gasteiger charge is 2.37. The van der Waals surface area contributed by atoms with Crippen molar-refractivity contribution in [2.75, 3.05) is 6.61 Å². The van der Waals surface area contributed by atoms with Gasteiger partial charge in [0.1, 0.15) is 0 Å². The van der Waals surface area contributed by atoms with Gasteiger partial charge in [0.2, 0.25) is 0 Å². The van der Waals surface area contributed by atoms with Crippen molar-refractivity contribution in [3.05, 3.63) is 11.6 Å². The van der Waals surface area contributed by atoms with Gasteiger partial charge in [-0.3, -0.25) is 0 Å². The summed E-state index contributed by atoms with van der Waals surface area (Å²) in [5.41, 5.74) is 0.521. The molecule has 4 heteroatoms. The van der Waals surface area contributed by atoms with Crippen molar-refractivity contribution in [1.29, 1.82) is 0 Å². The van der Waals surface area contributed by atoms with E-state index in [9.17, 15) is 15.0 Å². The monoisotopic (exact) mass is 170 g/mol. The van der Waals surface area contributed by atoms with Crippen LogP contribution in [0.1, 0.15) is 6.42 Å². The molecule has 2 aliphatic rings. The average Bonchev–Trinajstić information content (AvgIpc) is 2.35. The predicted molar refractivity (Wildman–Crippen MR) is 39.2 cm³/mol. The van der Waals surface area contributed by atoms with Crippen molar-refractivity contribution in [2.45, 2.75) is 18.6 Å². The number of cyclic esters (lactones) is 1.